The average molecular weight is 1780 g/mol. The van der Waals surface area contributed by atoms with Crippen LogP contribution >= 0.6 is 0 Å². The summed E-state index contributed by atoms with van der Waals surface area (Å²) in [7, 11) is 0. The van der Waals surface area contributed by atoms with Crippen molar-refractivity contribution in [1.29, 1.82) is 21.0 Å². The molecule has 0 aliphatic carbocycles. The number of nitriles is 4. The SMILES string of the molecule is CC(=O)c1cn(CCCN2CCC(N3C(=O)Cc4ccccc43)CC2)c2c(C#N)cccc12.CC(=O)c1cn(CCCN2CCC(c3nc(-c4cccnc4)no3)CC2)c2c(C#N)cccc12.CC(=O)c1cn(CCCN2CCC(c3nc(-c4ccncc4)no3)CC2)c2c(C#N)cccc12.CC(=O)c1cn(CCCN2CCN(CCOc3ccccc3)CC2)c2c(C#N)cccc12. The van der Waals surface area contributed by atoms with Crippen LogP contribution in [0.2, 0.25) is 0 Å². The molecule has 28 heteroatoms. The van der Waals surface area contributed by atoms with E-state index in [1.165, 1.54) is 0 Å². The lowest BCUT2D eigenvalue weighted by Gasteiger charge is -2.37. The predicted octanol–water partition coefficient (Wildman–Crippen LogP) is 16.8. The molecule has 8 aromatic heterocycles. The molecule has 4 saturated heterocycles. The van der Waals surface area contributed by atoms with Crippen LogP contribution in [0.5, 0.6) is 5.75 Å². The average Bonchev–Trinajstić information content (AvgIpc) is 1.67. The van der Waals surface area contributed by atoms with Gasteiger partial charge in [-0.2, -0.15) is 31.0 Å². The first-order valence-corrected chi connectivity index (χ1v) is 46.3. The number of amides is 1. The van der Waals surface area contributed by atoms with E-state index in [-0.39, 0.29) is 46.9 Å². The lowest BCUT2D eigenvalue weighted by molar-refractivity contribution is -0.118. The second-order valence-corrected chi connectivity index (χ2v) is 34.9. The first-order chi connectivity index (χ1) is 65.0. The van der Waals surface area contributed by atoms with Gasteiger partial charge in [0.15, 0.2) is 23.1 Å². The van der Waals surface area contributed by atoms with Crippen molar-refractivity contribution < 1.29 is 37.8 Å². The Morgan fingerprint density at radius 3 is 1.16 bits per heavy atom. The molecule has 0 unspecified atom stereocenters. The van der Waals surface area contributed by atoms with Crippen molar-refractivity contribution in [3.8, 4) is 52.8 Å². The molecule has 678 valence electrons. The van der Waals surface area contributed by atoms with E-state index in [1.54, 1.807) is 52.5 Å². The van der Waals surface area contributed by atoms with Crippen LogP contribution in [0.25, 0.3) is 66.4 Å². The number of pyridine rings is 2. The number of benzene rings is 6. The van der Waals surface area contributed by atoms with E-state index in [9.17, 15) is 45.0 Å². The number of ketones is 4. The summed E-state index contributed by atoms with van der Waals surface area (Å²) in [5.74, 6) is 4.44. The van der Waals surface area contributed by atoms with E-state index in [0.717, 1.165) is 260 Å². The number of hydrogen-bond donors (Lipinski definition) is 0. The first kappa shape index (κ1) is 92.1. The lowest BCUT2D eigenvalue weighted by atomic mass is 9.96. The molecule has 14 aromatic rings. The Kier molecular flexibility index (Phi) is 30.2. The Bertz CT molecular complexity index is 6420. The van der Waals surface area contributed by atoms with Gasteiger partial charge in [0, 0.05) is 200 Å². The normalized spacial score (nSPS) is 15.4. The number of para-hydroxylation sites is 6. The molecule has 0 radical (unpaired) electrons. The Balaban J connectivity index is 0.000000129. The molecule has 6 aromatic carbocycles. The van der Waals surface area contributed by atoms with Crippen LogP contribution in [0.1, 0.15) is 185 Å². The maximum atomic E-state index is 12.6. The second-order valence-electron chi connectivity index (χ2n) is 34.9. The van der Waals surface area contributed by atoms with Crippen LogP contribution in [-0.4, -0.2) is 213 Å². The first-order valence-electron chi connectivity index (χ1n) is 46.3. The van der Waals surface area contributed by atoms with Gasteiger partial charge in [-0.15, -0.1) is 0 Å². The number of fused-ring (bicyclic) bond motifs is 5. The number of likely N-dealkylation sites (tertiary alicyclic amines) is 3. The number of piperazine rings is 1. The molecule has 0 bridgehead atoms. The van der Waals surface area contributed by atoms with E-state index in [1.807, 2.05) is 169 Å². The molecule has 19 rings (SSSR count). The monoisotopic (exact) mass is 1780 g/mol. The maximum absolute atomic E-state index is 12.6. The standard InChI is InChI=1S/C27H28N4O2.2C26H26N6O2.C26H30N4O2/c1-19(32)24-18-30(27-21(17-28)7-4-8-23(24)27)13-5-12-29-14-10-22(11-15-29)31-25-9-3-2-6-20(25)16-26(31)33;1-18(33)23-17-32(24-20(15-27)5-2-7-22(23)24)12-4-11-31-13-8-19(9-14-31)26-29-25(30-34-26)21-6-3-10-28-16-21;1-18(33)23-17-32(24-21(16-27)4-2-5-22(23)24)13-3-12-31-14-8-20(9-15-31)26-29-25(30-34-26)19-6-10-28-11-7-19;1-21(31)25-20-30(26-22(19-27)7-5-10-24(25)26)12-6-11-28-13-15-29(16-14-28)17-18-32-23-8-3-2-4-9-23/h2-4,6-9,18,22H,5,10-16H2,1H3;2-3,5-7,10,16-17,19H,4,8-9,11-14H2,1H3;2,4-7,10-11,17,20H,3,8-9,12-15H2,1H3;2-5,7-10,20H,6,11-18H2,1H3. The van der Waals surface area contributed by atoms with E-state index in [2.05, 4.69) is 109 Å². The van der Waals surface area contributed by atoms with Crippen LogP contribution in [0, 0.1) is 45.3 Å². The summed E-state index contributed by atoms with van der Waals surface area (Å²) in [6, 6.07) is 57.3. The molecule has 0 saturated carbocycles. The van der Waals surface area contributed by atoms with Crippen molar-refractivity contribution in [2.45, 2.75) is 142 Å². The van der Waals surface area contributed by atoms with Gasteiger partial charge in [0.05, 0.1) is 50.7 Å². The summed E-state index contributed by atoms with van der Waals surface area (Å²) >= 11 is 0. The Labute approximate surface area is 773 Å². The number of rotatable bonds is 29. The van der Waals surface area contributed by atoms with E-state index >= 15 is 0 Å². The zero-order chi connectivity index (χ0) is 92.3. The molecule has 13 heterocycles. The Morgan fingerprint density at radius 1 is 0.391 bits per heavy atom. The number of Topliss-reactive ketones (excluding diaryl/α,β-unsaturated/α-hetero) is 4. The van der Waals surface area contributed by atoms with Gasteiger partial charge in [-0.3, -0.25) is 38.8 Å². The van der Waals surface area contributed by atoms with Gasteiger partial charge in [-0.25, -0.2) is 0 Å². The minimum absolute atomic E-state index is 0.0219. The third-order valence-corrected chi connectivity index (χ3v) is 26.4. The molecule has 28 nitrogen and oxygen atoms in total. The highest BCUT2D eigenvalue weighted by molar-refractivity contribution is 6.11. The van der Waals surface area contributed by atoms with Crippen LogP contribution in [0.15, 0.2) is 210 Å². The van der Waals surface area contributed by atoms with Crippen molar-refractivity contribution >= 4 is 78.3 Å². The minimum atomic E-state index is 0.0219. The summed E-state index contributed by atoms with van der Waals surface area (Å²) in [4.78, 5) is 92.7. The Hall–Kier alpha value is -14.2. The van der Waals surface area contributed by atoms with Gasteiger partial charge < -0.3 is 56.6 Å². The molecule has 133 heavy (non-hydrogen) atoms. The number of carbonyl (C=O) groups excluding carboxylic acids is 5. The van der Waals surface area contributed by atoms with E-state index in [4.69, 9.17) is 13.8 Å². The number of anilines is 1. The number of ether oxygens (including phenoxy) is 1. The van der Waals surface area contributed by atoms with Gasteiger partial charge >= 0.3 is 0 Å². The van der Waals surface area contributed by atoms with Gasteiger partial charge in [-0.1, -0.05) is 95.2 Å². The second kappa shape index (κ2) is 43.7. The van der Waals surface area contributed by atoms with Gasteiger partial charge in [-0.05, 0) is 217 Å². The molecule has 0 N–H and O–H groups in total. The fourth-order valence-corrected chi connectivity index (χ4v) is 19.5. The van der Waals surface area contributed by atoms with Crippen LogP contribution in [0.3, 0.4) is 0 Å². The van der Waals surface area contributed by atoms with Gasteiger partial charge in [0.1, 0.15) is 36.6 Å². The minimum Gasteiger partial charge on any atom is -0.492 e. The van der Waals surface area contributed by atoms with E-state index in [0.29, 0.717) is 81.0 Å². The number of carbonyl (C=O) groups is 5. The molecule has 0 spiro atoms. The summed E-state index contributed by atoms with van der Waals surface area (Å²) in [5.41, 5.74) is 12.6. The molecular formula is C105H110N20O8. The highest BCUT2D eigenvalue weighted by Crippen LogP contribution is 2.37. The Morgan fingerprint density at radius 2 is 0.767 bits per heavy atom. The molecule has 4 fully saturated rings. The highest BCUT2D eigenvalue weighted by atomic mass is 16.5. The number of nitrogens with zero attached hydrogens (tertiary/aromatic N) is 20. The topological polar surface area (TPSA) is 333 Å². The number of aryl methyl sites for hydroxylation is 4. The largest absolute Gasteiger partial charge is 0.492 e. The number of piperidine rings is 3. The smallest absolute Gasteiger partial charge is 0.231 e. The third kappa shape index (κ3) is 21.9. The molecular weight excluding hydrogens is 1670 g/mol. The lowest BCUT2D eigenvalue weighted by Crippen LogP contribution is -2.47. The van der Waals surface area contributed by atoms with E-state index < -0.39 is 0 Å². The summed E-state index contributed by atoms with van der Waals surface area (Å²) in [6.45, 7) is 25.0. The van der Waals surface area contributed by atoms with Crippen molar-refractivity contribution in [3.05, 3.63) is 263 Å². The molecule has 5 aliphatic rings. The molecule has 1 amide bonds. The van der Waals surface area contributed by atoms with Crippen LogP contribution in [-0.2, 0) is 37.4 Å². The van der Waals surface area contributed by atoms with Gasteiger partial charge in [0.2, 0.25) is 29.3 Å². The van der Waals surface area contributed by atoms with Gasteiger partial charge in [0.25, 0.3) is 0 Å². The predicted molar refractivity (Wildman–Crippen MR) is 509 cm³/mol. The van der Waals surface area contributed by atoms with Crippen molar-refractivity contribution in [2.24, 2.45) is 0 Å². The third-order valence-electron chi connectivity index (χ3n) is 26.4. The zero-order valence-corrected chi connectivity index (χ0v) is 75.9. The number of aromatic nitrogens is 10. The fraction of sp³-hybridized carbons (Fsp3) is 0.362. The summed E-state index contributed by atoms with van der Waals surface area (Å²) in [5, 5.41) is 49.9. The van der Waals surface area contributed by atoms with Crippen molar-refractivity contribution in [3.63, 3.8) is 0 Å². The fourth-order valence-electron chi connectivity index (χ4n) is 19.5. The highest BCUT2D eigenvalue weighted by Gasteiger charge is 2.36. The van der Waals surface area contributed by atoms with Crippen molar-refractivity contribution in [1.82, 2.24) is 73.0 Å². The quantitative estimate of drug-likeness (QED) is 0.0393. The summed E-state index contributed by atoms with van der Waals surface area (Å²) < 4.78 is 25.2. The number of hydrogen-bond acceptors (Lipinski definition) is 23. The van der Waals surface area contributed by atoms with Crippen LogP contribution < -0.4 is 9.64 Å². The maximum Gasteiger partial charge on any atom is 0.231 e. The van der Waals surface area contributed by atoms with Crippen molar-refractivity contribution in [2.75, 3.05) is 110 Å². The molecule has 0 atom stereocenters. The summed E-state index contributed by atoms with van der Waals surface area (Å²) in [6.07, 6.45) is 24.8. The molecule has 5 aliphatic heterocycles. The van der Waals surface area contributed by atoms with Crippen LogP contribution in [0.4, 0.5) is 5.69 Å². The zero-order valence-electron chi connectivity index (χ0n) is 75.9.